The fourth-order valence-electron chi connectivity index (χ4n) is 3.14. The Morgan fingerprint density at radius 1 is 1.33 bits per heavy atom. The summed E-state index contributed by atoms with van der Waals surface area (Å²) in [5, 5.41) is 17.1. The molecule has 10 nitrogen and oxygen atoms in total. The number of carbonyl (C=O) groups excluding carboxylic acids is 2. The van der Waals surface area contributed by atoms with Gasteiger partial charge in [0.1, 0.15) is 12.3 Å². The van der Waals surface area contributed by atoms with Gasteiger partial charge in [0.05, 0.1) is 10.6 Å². The Hall–Kier alpha value is -2.72. The van der Waals surface area contributed by atoms with Gasteiger partial charge in [0, 0.05) is 44.9 Å². The quantitative estimate of drug-likeness (QED) is 0.382. The molecule has 10 heteroatoms. The van der Waals surface area contributed by atoms with Crippen molar-refractivity contribution in [2.45, 2.75) is 6.42 Å². The molecule has 1 saturated heterocycles. The molecule has 0 radical (unpaired) electrons. The molecule has 0 bridgehead atoms. The van der Waals surface area contributed by atoms with Gasteiger partial charge in [0.2, 0.25) is 5.91 Å². The number of amides is 2. The zero-order valence-corrected chi connectivity index (χ0v) is 15.0. The number of fused-ring (bicyclic) bond motifs is 1. The third-order valence-corrected chi connectivity index (χ3v) is 4.58. The molecule has 0 unspecified atom stereocenters. The zero-order valence-electron chi connectivity index (χ0n) is 15.0. The van der Waals surface area contributed by atoms with Crippen molar-refractivity contribution in [3.05, 3.63) is 28.3 Å². The van der Waals surface area contributed by atoms with Gasteiger partial charge in [-0.25, -0.2) is 0 Å². The Labute approximate surface area is 156 Å². The molecule has 1 aromatic carbocycles. The van der Waals surface area contributed by atoms with Gasteiger partial charge in [0.25, 0.3) is 11.6 Å². The molecule has 1 aromatic rings. The first-order chi connectivity index (χ1) is 13.0. The van der Waals surface area contributed by atoms with E-state index in [4.69, 9.17) is 4.74 Å². The molecule has 2 heterocycles. The lowest BCUT2D eigenvalue weighted by molar-refractivity contribution is -0.384. The molecule has 0 aromatic heterocycles. The van der Waals surface area contributed by atoms with Crippen molar-refractivity contribution in [2.24, 2.45) is 0 Å². The number of nitrogens with zero attached hydrogens (tertiary/aromatic N) is 3. The standard InChI is InChI=1S/C17H23N5O5/c23-16(19-4-1-7-20-8-5-18-6-9-20)11-21-14-10-13(22(25)26)2-3-15(14)27-12-17(21)24/h2-3,10,18H,1,4-9,11-12H2,(H,19,23). The van der Waals surface area contributed by atoms with Gasteiger partial charge in [-0.1, -0.05) is 0 Å². The van der Waals surface area contributed by atoms with Gasteiger partial charge in [-0.05, 0) is 19.0 Å². The zero-order chi connectivity index (χ0) is 19.2. The second-order valence-corrected chi connectivity index (χ2v) is 6.47. The number of carbonyl (C=O) groups is 2. The summed E-state index contributed by atoms with van der Waals surface area (Å²) >= 11 is 0. The number of hydrogen-bond acceptors (Lipinski definition) is 7. The molecule has 3 rings (SSSR count). The van der Waals surface area contributed by atoms with Crippen molar-refractivity contribution < 1.29 is 19.2 Å². The molecule has 27 heavy (non-hydrogen) atoms. The summed E-state index contributed by atoms with van der Waals surface area (Å²) in [5.41, 5.74) is 0.0879. The maximum absolute atomic E-state index is 12.2. The van der Waals surface area contributed by atoms with E-state index >= 15 is 0 Å². The number of anilines is 1. The van der Waals surface area contributed by atoms with Crippen molar-refractivity contribution in [1.82, 2.24) is 15.5 Å². The van der Waals surface area contributed by atoms with Crippen LogP contribution in [0.25, 0.3) is 0 Å². The van der Waals surface area contributed by atoms with E-state index < -0.39 is 10.8 Å². The van der Waals surface area contributed by atoms with Crippen molar-refractivity contribution in [1.29, 1.82) is 0 Å². The molecular weight excluding hydrogens is 354 g/mol. The topological polar surface area (TPSA) is 117 Å². The first kappa shape index (κ1) is 19.1. The van der Waals surface area contributed by atoms with E-state index in [0.29, 0.717) is 12.3 Å². The molecule has 2 aliphatic heterocycles. The van der Waals surface area contributed by atoms with E-state index in [-0.39, 0.29) is 30.4 Å². The highest BCUT2D eigenvalue weighted by molar-refractivity contribution is 6.02. The summed E-state index contributed by atoms with van der Waals surface area (Å²) in [4.78, 5) is 38.4. The number of nitro groups is 1. The van der Waals surface area contributed by atoms with E-state index in [1.165, 1.54) is 23.1 Å². The number of nitrogens with one attached hydrogen (secondary N) is 2. The first-order valence-corrected chi connectivity index (χ1v) is 8.96. The number of piperazine rings is 1. The van der Waals surface area contributed by atoms with Gasteiger partial charge >= 0.3 is 0 Å². The van der Waals surface area contributed by atoms with E-state index in [9.17, 15) is 19.7 Å². The Morgan fingerprint density at radius 2 is 2.11 bits per heavy atom. The summed E-state index contributed by atoms with van der Waals surface area (Å²) in [6.07, 6.45) is 0.824. The van der Waals surface area contributed by atoms with Crippen molar-refractivity contribution >= 4 is 23.2 Å². The van der Waals surface area contributed by atoms with Crippen LogP contribution in [0.5, 0.6) is 5.75 Å². The van der Waals surface area contributed by atoms with E-state index in [1.807, 2.05) is 0 Å². The van der Waals surface area contributed by atoms with E-state index in [1.54, 1.807) is 0 Å². The molecule has 0 aliphatic carbocycles. The lowest BCUT2D eigenvalue weighted by Gasteiger charge is -2.29. The van der Waals surface area contributed by atoms with Crippen LogP contribution < -0.4 is 20.3 Å². The Bertz CT molecular complexity index is 720. The minimum atomic E-state index is -0.548. The van der Waals surface area contributed by atoms with Crippen molar-refractivity contribution in [2.75, 3.05) is 57.3 Å². The molecule has 0 spiro atoms. The first-order valence-electron chi connectivity index (χ1n) is 8.96. The average molecular weight is 377 g/mol. The second-order valence-electron chi connectivity index (χ2n) is 6.47. The van der Waals surface area contributed by atoms with Gasteiger partial charge in [-0.2, -0.15) is 0 Å². The molecule has 2 amide bonds. The van der Waals surface area contributed by atoms with Crippen LogP contribution in [0.4, 0.5) is 11.4 Å². The number of benzene rings is 1. The summed E-state index contributed by atoms with van der Waals surface area (Å²) in [6.45, 7) is 5.02. The highest BCUT2D eigenvalue weighted by Crippen LogP contribution is 2.35. The minimum Gasteiger partial charge on any atom is -0.482 e. The minimum absolute atomic E-state index is 0.159. The van der Waals surface area contributed by atoms with Crippen LogP contribution in [-0.4, -0.2) is 74.1 Å². The van der Waals surface area contributed by atoms with Crippen molar-refractivity contribution in [3.63, 3.8) is 0 Å². The van der Waals surface area contributed by atoms with Crippen LogP contribution in [0.1, 0.15) is 6.42 Å². The highest BCUT2D eigenvalue weighted by atomic mass is 16.6. The van der Waals surface area contributed by atoms with Gasteiger partial charge in [0.15, 0.2) is 6.61 Å². The average Bonchev–Trinajstić information content (AvgIpc) is 2.68. The molecular formula is C17H23N5O5. The van der Waals surface area contributed by atoms with Crippen LogP contribution >= 0.6 is 0 Å². The van der Waals surface area contributed by atoms with Crippen LogP contribution in [0.3, 0.4) is 0 Å². The normalized spacial score (nSPS) is 17.2. The Kier molecular flexibility index (Phi) is 6.20. The fourth-order valence-corrected chi connectivity index (χ4v) is 3.14. The number of rotatable bonds is 7. The molecule has 0 saturated carbocycles. The number of hydrogen-bond donors (Lipinski definition) is 2. The fraction of sp³-hybridized carbons (Fsp3) is 0.529. The van der Waals surface area contributed by atoms with E-state index in [0.717, 1.165) is 39.1 Å². The van der Waals surface area contributed by atoms with Gasteiger partial charge < -0.3 is 20.3 Å². The number of nitro benzene ring substituents is 1. The van der Waals surface area contributed by atoms with Crippen LogP contribution in [0, 0.1) is 10.1 Å². The Morgan fingerprint density at radius 3 is 2.85 bits per heavy atom. The summed E-state index contributed by atoms with van der Waals surface area (Å²) in [6, 6.07) is 4.01. The number of non-ortho nitro benzene ring substituents is 1. The monoisotopic (exact) mass is 377 g/mol. The summed E-state index contributed by atoms with van der Waals surface area (Å²) in [5.74, 6) is -0.353. The second kappa shape index (κ2) is 8.78. The molecule has 2 aliphatic rings. The predicted octanol–water partition coefficient (Wildman–Crippen LogP) is -0.268. The largest absolute Gasteiger partial charge is 0.482 e. The van der Waals surface area contributed by atoms with Gasteiger partial charge in [-0.15, -0.1) is 0 Å². The molecule has 2 N–H and O–H groups in total. The maximum atomic E-state index is 12.2. The number of ether oxygens (including phenoxy) is 1. The third-order valence-electron chi connectivity index (χ3n) is 4.58. The lowest BCUT2D eigenvalue weighted by Crippen LogP contribution is -2.46. The third kappa shape index (κ3) is 4.92. The van der Waals surface area contributed by atoms with Gasteiger partial charge in [-0.3, -0.25) is 24.6 Å². The van der Waals surface area contributed by atoms with E-state index in [2.05, 4.69) is 15.5 Å². The Balaban J connectivity index is 1.53. The summed E-state index contributed by atoms with van der Waals surface area (Å²) in [7, 11) is 0. The van der Waals surface area contributed by atoms with Crippen LogP contribution in [-0.2, 0) is 9.59 Å². The molecule has 1 fully saturated rings. The summed E-state index contributed by atoms with van der Waals surface area (Å²) < 4.78 is 5.29. The van der Waals surface area contributed by atoms with Crippen molar-refractivity contribution in [3.8, 4) is 5.75 Å². The predicted molar refractivity (Wildman–Crippen MR) is 97.9 cm³/mol. The SMILES string of the molecule is O=C(CN1C(=O)COc2ccc([N+](=O)[O-])cc21)NCCCN1CCNCC1. The highest BCUT2D eigenvalue weighted by Gasteiger charge is 2.29. The molecule has 146 valence electrons. The maximum Gasteiger partial charge on any atom is 0.271 e. The molecule has 0 atom stereocenters. The smallest absolute Gasteiger partial charge is 0.271 e. The van der Waals surface area contributed by atoms with Crippen LogP contribution in [0.15, 0.2) is 18.2 Å². The lowest BCUT2D eigenvalue weighted by atomic mass is 10.2. The van der Waals surface area contributed by atoms with Crippen LogP contribution in [0.2, 0.25) is 0 Å².